The summed E-state index contributed by atoms with van der Waals surface area (Å²) in [5.74, 6) is -0.0336. The zero-order valence-electron chi connectivity index (χ0n) is 9.84. The van der Waals surface area contributed by atoms with Gasteiger partial charge in [-0.25, -0.2) is 14.8 Å². The van der Waals surface area contributed by atoms with Gasteiger partial charge in [-0.2, -0.15) is 0 Å². The second kappa shape index (κ2) is 5.64. The van der Waals surface area contributed by atoms with Crippen LogP contribution in [0.15, 0.2) is 11.4 Å². The summed E-state index contributed by atoms with van der Waals surface area (Å²) in [4.78, 5) is 20.5. The van der Waals surface area contributed by atoms with Crippen molar-refractivity contribution in [1.82, 2.24) is 9.97 Å². The van der Waals surface area contributed by atoms with E-state index in [2.05, 4.69) is 9.97 Å². The van der Waals surface area contributed by atoms with Crippen molar-refractivity contribution >= 4 is 39.3 Å². The van der Waals surface area contributed by atoms with E-state index in [1.807, 2.05) is 0 Å². The predicted octanol–water partition coefficient (Wildman–Crippen LogP) is 2.14. The van der Waals surface area contributed by atoms with Crippen LogP contribution < -0.4 is 5.73 Å². The molecule has 0 bridgehead atoms. The molecule has 0 aromatic carbocycles. The molecule has 0 aliphatic rings. The van der Waals surface area contributed by atoms with Gasteiger partial charge in [0.15, 0.2) is 0 Å². The molecule has 2 aromatic heterocycles. The van der Waals surface area contributed by atoms with Gasteiger partial charge in [0.25, 0.3) is 0 Å². The Balaban J connectivity index is 2.44. The molecule has 2 rings (SSSR count). The number of hydrogen-bond acceptors (Lipinski definition) is 6. The number of hydrogen-bond donors (Lipinski definition) is 2. The highest BCUT2D eigenvalue weighted by Crippen LogP contribution is 2.34. The van der Waals surface area contributed by atoms with Gasteiger partial charge >= 0.3 is 5.97 Å². The van der Waals surface area contributed by atoms with E-state index in [-0.39, 0.29) is 0 Å². The number of aromatic carboxylic acids is 1. The number of aromatic nitrogens is 2. The highest BCUT2D eigenvalue weighted by Gasteiger charge is 2.18. The first-order chi connectivity index (χ1) is 8.65. The van der Waals surface area contributed by atoms with E-state index in [1.54, 1.807) is 18.7 Å². The number of rotatable bonds is 5. The molecule has 0 radical (unpaired) electrons. The molecule has 2 heterocycles. The van der Waals surface area contributed by atoms with Crippen LogP contribution >= 0.6 is 23.1 Å². The Kier molecular flexibility index (Phi) is 4.15. The summed E-state index contributed by atoms with van der Waals surface area (Å²) in [7, 11) is 0. The summed E-state index contributed by atoms with van der Waals surface area (Å²) in [6.07, 6.45) is 2.39. The second-order valence-electron chi connectivity index (χ2n) is 3.71. The zero-order chi connectivity index (χ0) is 13.1. The molecule has 0 saturated carbocycles. The first kappa shape index (κ1) is 13.3. The van der Waals surface area contributed by atoms with Gasteiger partial charge in [-0.3, -0.25) is 0 Å². The fraction of sp³-hybridized carbons (Fsp3) is 0.364. The molecule has 0 fully saturated rings. The first-order valence-corrected chi connectivity index (χ1v) is 7.25. The predicted molar refractivity (Wildman–Crippen MR) is 73.5 cm³/mol. The highest BCUT2D eigenvalue weighted by atomic mass is 32.2. The minimum Gasteiger partial charge on any atom is -0.477 e. The maximum absolute atomic E-state index is 11.1. The number of carboxylic acid groups (broad SMARTS) is 1. The summed E-state index contributed by atoms with van der Waals surface area (Å²) in [6.45, 7) is 2.45. The average Bonchev–Trinajstić information content (AvgIpc) is 2.68. The fourth-order valence-electron chi connectivity index (χ4n) is 1.60. The van der Waals surface area contributed by atoms with Gasteiger partial charge < -0.3 is 10.8 Å². The number of nitrogens with zero attached hydrogens (tertiary/aromatic N) is 2. The maximum atomic E-state index is 11.1. The van der Waals surface area contributed by atoms with Crippen molar-refractivity contribution in [3.63, 3.8) is 0 Å². The Hall–Kier alpha value is -1.18. The minimum atomic E-state index is -0.909. The third-order valence-electron chi connectivity index (χ3n) is 2.47. The van der Waals surface area contributed by atoms with E-state index < -0.39 is 5.97 Å². The Morgan fingerprint density at radius 2 is 2.33 bits per heavy atom. The standard InChI is InChI=1S/C11H13N3O2S2/c1-6-7-9(17-4-2-3-12)13-5-14-10(7)18-8(6)11(15)16/h5H,2-4,12H2,1H3,(H,15,16). The van der Waals surface area contributed by atoms with Gasteiger partial charge in [0.1, 0.15) is 21.1 Å². The number of thioether (sulfide) groups is 1. The molecule has 18 heavy (non-hydrogen) atoms. The molecule has 0 unspecified atom stereocenters. The molecule has 3 N–H and O–H groups in total. The van der Waals surface area contributed by atoms with Crippen molar-refractivity contribution in [3.05, 3.63) is 16.8 Å². The first-order valence-electron chi connectivity index (χ1n) is 5.45. The molecule has 0 amide bonds. The molecule has 2 aromatic rings. The van der Waals surface area contributed by atoms with E-state index in [1.165, 1.54) is 17.7 Å². The lowest BCUT2D eigenvalue weighted by atomic mass is 10.2. The zero-order valence-corrected chi connectivity index (χ0v) is 11.5. The summed E-state index contributed by atoms with van der Waals surface area (Å²) < 4.78 is 0. The van der Waals surface area contributed by atoms with Crippen molar-refractivity contribution in [2.75, 3.05) is 12.3 Å². The Morgan fingerprint density at radius 3 is 3.00 bits per heavy atom. The van der Waals surface area contributed by atoms with Crippen LogP contribution in [0.2, 0.25) is 0 Å². The lowest BCUT2D eigenvalue weighted by molar-refractivity contribution is 0.0701. The average molecular weight is 283 g/mol. The fourth-order valence-corrected chi connectivity index (χ4v) is 3.68. The Morgan fingerprint density at radius 1 is 1.56 bits per heavy atom. The SMILES string of the molecule is Cc1c(C(=O)O)sc2ncnc(SCCCN)c12. The number of nitrogens with two attached hydrogens (primary N) is 1. The van der Waals surface area contributed by atoms with Crippen LogP contribution in [0.5, 0.6) is 0 Å². The lowest BCUT2D eigenvalue weighted by Gasteiger charge is -2.02. The molecule has 0 aliphatic carbocycles. The van der Waals surface area contributed by atoms with E-state index in [9.17, 15) is 4.79 Å². The van der Waals surface area contributed by atoms with Crippen LogP contribution in [0.25, 0.3) is 10.2 Å². The van der Waals surface area contributed by atoms with E-state index in [0.29, 0.717) is 11.4 Å². The summed E-state index contributed by atoms with van der Waals surface area (Å²) >= 11 is 2.79. The van der Waals surface area contributed by atoms with Crippen LogP contribution in [-0.4, -0.2) is 33.3 Å². The van der Waals surface area contributed by atoms with Crippen molar-refractivity contribution in [3.8, 4) is 0 Å². The van der Waals surface area contributed by atoms with E-state index in [4.69, 9.17) is 10.8 Å². The molecular weight excluding hydrogens is 270 g/mol. The van der Waals surface area contributed by atoms with Crippen molar-refractivity contribution in [2.24, 2.45) is 5.73 Å². The van der Waals surface area contributed by atoms with Crippen LogP contribution in [-0.2, 0) is 0 Å². The summed E-state index contributed by atoms with van der Waals surface area (Å²) in [5.41, 5.74) is 6.21. The highest BCUT2D eigenvalue weighted by molar-refractivity contribution is 7.99. The number of carboxylic acids is 1. The van der Waals surface area contributed by atoms with Gasteiger partial charge in [-0.1, -0.05) is 0 Å². The van der Waals surface area contributed by atoms with Crippen molar-refractivity contribution in [2.45, 2.75) is 18.4 Å². The largest absolute Gasteiger partial charge is 0.477 e. The smallest absolute Gasteiger partial charge is 0.346 e. The quantitative estimate of drug-likeness (QED) is 0.496. The molecule has 0 aliphatic heterocycles. The van der Waals surface area contributed by atoms with Crippen molar-refractivity contribution < 1.29 is 9.90 Å². The molecule has 5 nitrogen and oxygen atoms in total. The lowest BCUT2D eigenvalue weighted by Crippen LogP contribution is -1.99. The Bertz CT molecular complexity index is 583. The van der Waals surface area contributed by atoms with Gasteiger partial charge in [0.2, 0.25) is 0 Å². The summed E-state index contributed by atoms with van der Waals surface area (Å²) in [5, 5.41) is 10.8. The topological polar surface area (TPSA) is 89.1 Å². The minimum absolute atomic E-state index is 0.339. The van der Waals surface area contributed by atoms with Crippen LogP contribution in [0, 0.1) is 6.92 Å². The third-order valence-corrected chi connectivity index (χ3v) is 4.74. The van der Waals surface area contributed by atoms with Crippen LogP contribution in [0.3, 0.4) is 0 Å². The number of carbonyl (C=O) groups is 1. The van der Waals surface area contributed by atoms with Crippen LogP contribution in [0.1, 0.15) is 21.7 Å². The molecule has 7 heteroatoms. The molecule has 96 valence electrons. The van der Waals surface area contributed by atoms with Gasteiger partial charge in [0.05, 0.1) is 0 Å². The molecule has 0 spiro atoms. The molecule has 0 atom stereocenters. The van der Waals surface area contributed by atoms with E-state index >= 15 is 0 Å². The van der Waals surface area contributed by atoms with Gasteiger partial charge in [-0.05, 0) is 25.5 Å². The number of thiophene rings is 1. The van der Waals surface area contributed by atoms with Crippen LogP contribution in [0.4, 0.5) is 0 Å². The normalized spacial score (nSPS) is 11.0. The Labute approximate surface area is 112 Å². The van der Waals surface area contributed by atoms with Crippen molar-refractivity contribution in [1.29, 1.82) is 0 Å². The number of fused-ring (bicyclic) bond motifs is 1. The monoisotopic (exact) mass is 283 g/mol. The number of aryl methyl sites for hydroxylation is 1. The van der Waals surface area contributed by atoms with Gasteiger partial charge in [0, 0.05) is 11.1 Å². The van der Waals surface area contributed by atoms with Gasteiger partial charge in [-0.15, -0.1) is 23.1 Å². The summed E-state index contributed by atoms with van der Waals surface area (Å²) in [6, 6.07) is 0. The molecular formula is C11H13N3O2S2. The third kappa shape index (κ3) is 2.47. The second-order valence-corrected chi connectivity index (χ2v) is 5.79. The molecule has 0 saturated heterocycles. The maximum Gasteiger partial charge on any atom is 0.346 e. The van der Waals surface area contributed by atoms with E-state index in [0.717, 1.165) is 33.0 Å².